The van der Waals surface area contributed by atoms with Crippen LogP contribution >= 0.6 is 11.3 Å². The molecule has 2 aromatic heterocycles. The molecule has 0 aliphatic carbocycles. The van der Waals surface area contributed by atoms with E-state index in [1.165, 1.54) is 5.56 Å². The highest BCUT2D eigenvalue weighted by Crippen LogP contribution is 2.14. The first-order valence-corrected chi connectivity index (χ1v) is 6.55. The molecule has 96 valence electrons. The second-order valence-electron chi connectivity index (χ2n) is 4.22. The van der Waals surface area contributed by atoms with Crippen molar-refractivity contribution in [3.63, 3.8) is 0 Å². The highest BCUT2D eigenvalue weighted by molar-refractivity contribution is 7.08. The van der Waals surface area contributed by atoms with Crippen LogP contribution in [0.15, 0.2) is 23.2 Å². The number of nitrogens with one attached hydrogen (secondary N) is 1. The first-order chi connectivity index (χ1) is 8.58. The normalized spacial score (nSPS) is 12.4. The van der Waals surface area contributed by atoms with Gasteiger partial charge in [0.1, 0.15) is 6.04 Å². The molecule has 0 aromatic carbocycles. The third kappa shape index (κ3) is 2.77. The Hall–Kier alpha value is -1.66. The van der Waals surface area contributed by atoms with Crippen LogP contribution in [0.25, 0.3) is 0 Å². The van der Waals surface area contributed by atoms with Crippen molar-refractivity contribution in [2.45, 2.75) is 19.5 Å². The smallest absolute Gasteiger partial charge is 0.241 e. The second kappa shape index (κ2) is 5.32. The van der Waals surface area contributed by atoms with Crippen LogP contribution in [0, 0.1) is 6.92 Å². The van der Waals surface area contributed by atoms with Crippen LogP contribution in [-0.2, 0) is 18.4 Å². The van der Waals surface area contributed by atoms with Crippen molar-refractivity contribution in [3.05, 3.63) is 39.8 Å². The predicted octanol–water partition coefficient (Wildman–Crippen LogP) is 1.11. The van der Waals surface area contributed by atoms with Crippen molar-refractivity contribution in [2.75, 3.05) is 0 Å². The highest BCUT2D eigenvalue weighted by atomic mass is 32.1. The summed E-state index contributed by atoms with van der Waals surface area (Å²) in [5, 5.41) is 10.9. The van der Waals surface area contributed by atoms with Crippen molar-refractivity contribution in [1.82, 2.24) is 15.1 Å². The summed E-state index contributed by atoms with van der Waals surface area (Å²) < 4.78 is 1.63. The van der Waals surface area contributed by atoms with E-state index in [9.17, 15) is 4.79 Å². The molecule has 0 aliphatic heterocycles. The molecule has 0 spiro atoms. The SMILES string of the molecule is Cc1cscc1CNC(=O)C(N)c1cnn(C)c1. The van der Waals surface area contributed by atoms with E-state index in [1.807, 2.05) is 12.3 Å². The second-order valence-corrected chi connectivity index (χ2v) is 4.97. The number of nitrogens with zero attached hydrogens (tertiary/aromatic N) is 2. The molecule has 1 amide bonds. The summed E-state index contributed by atoms with van der Waals surface area (Å²) in [5.74, 6) is -0.186. The topological polar surface area (TPSA) is 72.9 Å². The van der Waals surface area contributed by atoms with Crippen molar-refractivity contribution in [1.29, 1.82) is 0 Å². The Morgan fingerprint density at radius 3 is 2.94 bits per heavy atom. The van der Waals surface area contributed by atoms with Gasteiger partial charge in [0, 0.05) is 25.4 Å². The predicted molar refractivity (Wildman–Crippen MR) is 71.0 cm³/mol. The number of thiophene rings is 1. The van der Waals surface area contributed by atoms with Gasteiger partial charge in [-0.3, -0.25) is 9.48 Å². The number of hydrogen-bond acceptors (Lipinski definition) is 4. The molecule has 1 atom stereocenters. The summed E-state index contributed by atoms with van der Waals surface area (Å²) in [6.45, 7) is 2.54. The Morgan fingerprint density at radius 1 is 1.61 bits per heavy atom. The summed E-state index contributed by atoms with van der Waals surface area (Å²) in [5.41, 5.74) is 8.91. The molecule has 2 aromatic rings. The van der Waals surface area contributed by atoms with Gasteiger partial charge >= 0.3 is 0 Å². The molecule has 18 heavy (non-hydrogen) atoms. The summed E-state index contributed by atoms with van der Waals surface area (Å²) >= 11 is 1.63. The number of carbonyl (C=O) groups excluding carboxylic acids is 1. The van der Waals surface area contributed by atoms with Crippen LogP contribution in [0.4, 0.5) is 0 Å². The molecule has 0 aliphatic rings. The minimum absolute atomic E-state index is 0.186. The van der Waals surface area contributed by atoms with Crippen molar-refractivity contribution in [2.24, 2.45) is 12.8 Å². The van der Waals surface area contributed by atoms with E-state index in [1.54, 1.807) is 35.5 Å². The number of aryl methyl sites for hydroxylation is 2. The molecule has 0 saturated heterocycles. The lowest BCUT2D eigenvalue weighted by atomic mass is 10.1. The minimum atomic E-state index is -0.669. The lowest BCUT2D eigenvalue weighted by Gasteiger charge is -2.10. The standard InChI is InChI=1S/C12H16N4OS/c1-8-6-18-7-10(8)3-14-12(17)11(13)9-4-15-16(2)5-9/h4-7,11H,3,13H2,1-2H3,(H,14,17). The fourth-order valence-corrected chi connectivity index (χ4v) is 2.47. The first-order valence-electron chi connectivity index (χ1n) is 5.61. The van der Waals surface area contributed by atoms with Gasteiger partial charge in [0.05, 0.1) is 6.20 Å². The van der Waals surface area contributed by atoms with Gasteiger partial charge in [-0.1, -0.05) is 0 Å². The number of carbonyl (C=O) groups is 1. The third-order valence-corrected chi connectivity index (χ3v) is 3.69. The fraction of sp³-hybridized carbons (Fsp3) is 0.333. The average Bonchev–Trinajstić information content (AvgIpc) is 2.94. The van der Waals surface area contributed by atoms with E-state index in [4.69, 9.17) is 5.73 Å². The summed E-state index contributed by atoms with van der Waals surface area (Å²) in [7, 11) is 1.79. The summed E-state index contributed by atoms with van der Waals surface area (Å²) in [6.07, 6.45) is 3.36. The van der Waals surface area contributed by atoms with E-state index in [2.05, 4.69) is 15.8 Å². The highest BCUT2D eigenvalue weighted by Gasteiger charge is 2.17. The third-order valence-electron chi connectivity index (χ3n) is 2.78. The van der Waals surface area contributed by atoms with Gasteiger partial charge in [0.15, 0.2) is 0 Å². The van der Waals surface area contributed by atoms with Crippen LogP contribution in [-0.4, -0.2) is 15.7 Å². The maximum atomic E-state index is 11.9. The zero-order valence-corrected chi connectivity index (χ0v) is 11.2. The first kappa shape index (κ1) is 12.8. The summed E-state index contributed by atoms with van der Waals surface area (Å²) in [6, 6.07) is -0.669. The monoisotopic (exact) mass is 264 g/mol. The molecular weight excluding hydrogens is 248 g/mol. The van der Waals surface area contributed by atoms with Gasteiger partial charge < -0.3 is 11.1 Å². The van der Waals surface area contributed by atoms with Crippen LogP contribution in [0.3, 0.4) is 0 Å². The Balaban J connectivity index is 1.94. The van der Waals surface area contributed by atoms with Crippen LogP contribution in [0.5, 0.6) is 0 Å². The fourth-order valence-electron chi connectivity index (χ4n) is 1.61. The number of amides is 1. The zero-order chi connectivity index (χ0) is 13.1. The van der Waals surface area contributed by atoms with Gasteiger partial charge in [-0.05, 0) is 28.8 Å². The number of nitrogens with two attached hydrogens (primary N) is 1. The molecule has 0 bridgehead atoms. The van der Waals surface area contributed by atoms with Gasteiger partial charge in [0.2, 0.25) is 5.91 Å². The van der Waals surface area contributed by atoms with Gasteiger partial charge in [-0.2, -0.15) is 16.4 Å². The molecule has 2 rings (SSSR count). The molecule has 0 saturated carbocycles. The number of aromatic nitrogens is 2. The largest absolute Gasteiger partial charge is 0.350 e. The lowest BCUT2D eigenvalue weighted by Crippen LogP contribution is -2.33. The van der Waals surface area contributed by atoms with Gasteiger partial charge in [-0.25, -0.2) is 0 Å². The van der Waals surface area contributed by atoms with E-state index in [0.29, 0.717) is 6.54 Å². The number of hydrogen-bond donors (Lipinski definition) is 2. The Kier molecular flexibility index (Phi) is 3.78. The lowest BCUT2D eigenvalue weighted by molar-refractivity contribution is -0.122. The molecule has 5 nitrogen and oxygen atoms in total. The average molecular weight is 264 g/mol. The van der Waals surface area contributed by atoms with Crippen LogP contribution < -0.4 is 11.1 Å². The van der Waals surface area contributed by atoms with Crippen LogP contribution in [0.1, 0.15) is 22.7 Å². The zero-order valence-electron chi connectivity index (χ0n) is 10.4. The van der Waals surface area contributed by atoms with Gasteiger partial charge in [0.25, 0.3) is 0 Å². The number of rotatable bonds is 4. The molecule has 0 radical (unpaired) electrons. The molecule has 3 N–H and O–H groups in total. The van der Waals surface area contributed by atoms with E-state index >= 15 is 0 Å². The van der Waals surface area contributed by atoms with E-state index in [-0.39, 0.29) is 5.91 Å². The van der Waals surface area contributed by atoms with Crippen molar-refractivity contribution < 1.29 is 4.79 Å². The molecular formula is C12H16N4OS. The minimum Gasteiger partial charge on any atom is -0.350 e. The summed E-state index contributed by atoms with van der Waals surface area (Å²) in [4.78, 5) is 11.9. The molecule has 1 unspecified atom stereocenters. The maximum Gasteiger partial charge on any atom is 0.241 e. The maximum absolute atomic E-state index is 11.9. The Labute approximate surface area is 110 Å². The Morgan fingerprint density at radius 2 is 2.39 bits per heavy atom. The Bertz CT molecular complexity index is 546. The van der Waals surface area contributed by atoms with Crippen molar-refractivity contribution >= 4 is 17.2 Å². The van der Waals surface area contributed by atoms with E-state index < -0.39 is 6.04 Å². The van der Waals surface area contributed by atoms with Crippen LogP contribution in [0.2, 0.25) is 0 Å². The van der Waals surface area contributed by atoms with Gasteiger partial charge in [-0.15, -0.1) is 0 Å². The molecule has 6 heteroatoms. The van der Waals surface area contributed by atoms with E-state index in [0.717, 1.165) is 11.1 Å². The molecule has 2 heterocycles. The van der Waals surface area contributed by atoms with Crippen molar-refractivity contribution in [3.8, 4) is 0 Å². The molecule has 0 fully saturated rings. The quantitative estimate of drug-likeness (QED) is 0.868.